The summed E-state index contributed by atoms with van der Waals surface area (Å²) < 4.78 is 5.14. The van der Waals surface area contributed by atoms with Crippen LogP contribution in [0, 0.1) is 0 Å². The lowest BCUT2D eigenvalue weighted by Crippen LogP contribution is -2.50. The molecule has 17 heavy (non-hydrogen) atoms. The molecular formula is C14H22N2O. The monoisotopic (exact) mass is 234 g/mol. The van der Waals surface area contributed by atoms with Gasteiger partial charge in [-0.2, -0.15) is 0 Å². The van der Waals surface area contributed by atoms with E-state index < -0.39 is 0 Å². The molecule has 3 heteroatoms. The van der Waals surface area contributed by atoms with Crippen LogP contribution in [0.3, 0.4) is 0 Å². The highest BCUT2D eigenvalue weighted by atomic mass is 16.5. The number of nitrogens with zero attached hydrogens (tertiary/aromatic N) is 1. The summed E-state index contributed by atoms with van der Waals surface area (Å²) in [5, 5.41) is 3.55. The molecule has 94 valence electrons. The summed E-state index contributed by atoms with van der Waals surface area (Å²) in [7, 11) is 1.77. The standard InChI is InChI=1S/C14H22N2O/c1-17-10-7-14-12-16(9-8-15-14)11-13-5-3-2-4-6-13/h2-6,14-15H,7-12H2,1H3. The van der Waals surface area contributed by atoms with Crippen LogP contribution >= 0.6 is 0 Å². The fraction of sp³-hybridized carbons (Fsp3) is 0.571. The molecule has 1 fully saturated rings. The maximum Gasteiger partial charge on any atom is 0.0477 e. The number of hydrogen-bond acceptors (Lipinski definition) is 3. The van der Waals surface area contributed by atoms with Gasteiger partial charge in [0.1, 0.15) is 0 Å². The summed E-state index contributed by atoms with van der Waals surface area (Å²) in [4.78, 5) is 2.52. The molecule has 0 aromatic heterocycles. The average Bonchev–Trinajstić information content (AvgIpc) is 2.38. The molecule has 1 atom stereocenters. The fourth-order valence-corrected chi connectivity index (χ4v) is 2.33. The van der Waals surface area contributed by atoms with Crippen LogP contribution in [0.15, 0.2) is 30.3 Å². The van der Waals surface area contributed by atoms with Crippen LogP contribution in [-0.4, -0.2) is 44.3 Å². The zero-order valence-corrected chi connectivity index (χ0v) is 10.6. The third-order valence-electron chi connectivity index (χ3n) is 3.26. The SMILES string of the molecule is COCCC1CN(Cc2ccccc2)CCN1. The molecule has 1 aliphatic heterocycles. The first-order valence-corrected chi connectivity index (χ1v) is 6.37. The molecule has 0 radical (unpaired) electrons. The summed E-state index contributed by atoms with van der Waals surface area (Å²) in [6.07, 6.45) is 1.10. The molecule has 1 aromatic carbocycles. The van der Waals surface area contributed by atoms with E-state index in [-0.39, 0.29) is 0 Å². The topological polar surface area (TPSA) is 24.5 Å². The van der Waals surface area contributed by atoms with Crippen molar-refractivity contribution in [3.8, 4) is 0 Å². The maximum absolute atomic E-state index is 5.14. The van der Waals surface area contributed by atoms with E-state index in [0.717, 1.165) is 39.2 Å². The van der Waals surface area contributed by atoms with Gasteiger partial charge in [0.2, 0.25) is 0 Å². The predicted molar refractivity (Wildman–Crippen MR) is 70.0 cm³/mol. The van der Waals surface area contributed by atoms with Crippen LogP contribution in [0.4, 0.5) is 0 Å². The Kier molecular flexibility index (Phi) is 4.98. The Balaban J connectivity index is 1.81. The van der Waals surface area contributed by atoms with Crippen molar-refractivity contribution in [1.82, 2.24) is 10.2 Å². The largest absolute Gasteiger partial charge is 0.385 e. The van der Waals surface area contributed by atoms with Crippen LogP contribution in [0.25, 0.3) is 0 Å². The highest BCUT2D eigenvalue weighted by molar-refractivity contribution is 5.14. The van der Waals surface area contributed by atoms with Crippen LogP contribution in [0.1, 0.15) is 12.0 Å². The highest BCUT2D eigenvalue weighted by Gasteiger charge is 2.18. The van der Waals surface area contributed by atoms with Crippen molar-refractivity contribution in [3.05, 3.63) is 35.9 Å². The van der Waals surface area contributed by atoms with Crippen molar-refractivity contribution >= 4 is 0 Å². The molecule has 1 aromatic rings. The van der Waals surface area contributed by atoms with Crippen molar-refractivity contribution in [2.45, 2.75) is 19.0 Å². The molecule has 0 amide bonds. The molecule has 3 nitrogen and oxygen atoms in total. The second-order valence-electron chi connectivity index (χ2n) is 4.65. The summed E-state index contributed by atoms with van der Waals surface area (Å²) >= 11 is 0. The quantitative estimate of drug-likeness (QED) is 0.835. The Hall–Kier alpha value is -0.900. The maximum atomic E-state index is 5.14. The normalized spacial score (nSPS) is 21.6. The first-order chi connectivity index (χ1) is 8.38. The van der Waals surface area contributed by atoms with E-state index in [1.54, 1.807) is 7.11 Å². The second kappa shape index (κ2) is 6.74. The summed E-state index contributed by atoms with van der Waals surface area (Å²) in [6, 6.07) is 11.3. The van der Waals surface area contributed by atoms with Gasteiger partial charge in [-0.05, 0) is 12.0 Å². The Morgan fingerprint density at radius 3 is 2.94 bits per heavy atom. The Labute approximate surface area is 104 Å². The average molecular weight is 234 g/mol. The van der Waals surface area contributed by atoms with Crippen LogP contribution in [0.5, 0.6) is 0 Å². The highest BCUT2D eigenvalue weighted by Crippen LogP contribution is 2.08. The molecular weight excluding hydrogens is 212 g/mol. The lowest BCUT2D eigenvalue weighted by Gasteiger charge is -2.33. The number of rotatable bonds is 5. The van der Waals surface area contributed by atoms with E-state index in [2.05, 4.69) is 40.5 Å². The molecule has 0 spiro atoms. The van der Waals surface area contributed by atoms with Gasteiger partial charge in [-0.1, -0.05) is 30.3 Å². The van der Waals surface area contributed by atoms with E-state index in [9.17, 15) is 0 Å². The van der Waals surface area contributed by atoms with Gasteiger partial charge in [-0.15, -0.1) is 0 Å². The summed E-state index contributed by atoms with van der Waals surface area (Å²) in [5.74, 6) is 0. The molecule has 0 bridgehead atoms. The van der Waals surface area contributed by atoms with Crippen molar-refractivity contribution in [2.24, 2.45) is 0 Å². The predicted octanol–water partition coefficient (Wildman–Crippen LogP) is 1.50. The zero-order valence-electron chi connectivity index (χ0n) is 10.6. The smallest absolute Gasteiger partial charge is 0.0477 e. The second-order valence-corrected chi connectivity index (χ2v) is 4.65. The van der Waals surface area contributed by atoms with Gasteiger partial charge in [0.05, 0.1) is 0 Å². The minimum atomic E-state index is 0.576. The van der Waals surface area contributed by atoms with Crippen LogP contribution < -0.4 is 5.32 Å². The van der Waals surface area contributed by atoms with Crippen molar-refractivity contribution in [1.29, 1.82) is 0 Å². The lowest BCUT2D eigenvalue weighted by molar-refractivity contribution is 0.144. The number of methoxy groups -OCH3 is 1. The summed E-state index contributed by atoms with van der Waals surface area (Å²) in [6.45, 7) is 5.25. The van der Waals surface area contributed by atoms with Crippen molar-refractivity contribution in [2.75, 3.05) is 33.4 Å². The van der Waals surface area contributed by atoms with E-state index in [1.807, 2.05) is 0 Å². The van der Waals surface area contributed by atoms with Gasteiger partial charge in [-0.3, -0.25) is 4.90 Å². The van der Waals surface area contributed by atoms with Crippen LogP contribution in [0.2, 0.25) is 0 Å². The van der Waals surface area contributed by atoms with Gasteiger partial charge < -0.3 is 10.1 Å². The number of hydrogen-bond donors (Lipinski definition) is 1. The molecule has 1 saturated heterocycles. The third kappa shape index (κ3) is 4.11. The molecule has 2 rings (SSSR count). The number of piperazine rings is 1. The van der Waals surface area contributed by atoms with Gasteiger partial charge in [0.25, 0.3) is 0 Å². The van der Waals surface area contributed by atoms with E-state index >= 15 is 0 Å². The molecule has 1 N–H and O–H groups in total. The fourth-order valence-electron chi connectivity index (χ4n) is 2.33. The summed E-state index contributed by atoms with van der Waals surface area (Å²) in [5.41, 5.74) is 1.40. The van der Waals surface area contributed by atoms with E-state index in [1.165, 1.54) is 5.56 Å². The molecule has 0 saturated carbocycles. The van der Waals surface area contributed by atoms with E-state index in [4.69, 9.17) is 4.74 Å². The number of ether oxygens (including phenoxy) is 1. The van der Waals surface area contributed by atoms with Gasteiger partial charge in [0.15, 0.2) is 0 Å². The minimum Gasteiger partial charge on any atom is -0.385 e. The van der Waals surface area contributed by atoms with Crippen molar-refractivity contribution in [3.63, 3.8) is 0 Å². The first-order valence-electron chi connectivity index (χ1n) is 6.37. The molecule has 0 aliphatic carbocycles. The van der Waals surface area contributed by atoms with Gasteiger partial charge >= 0.3 is 0 Å². The molecule has 1 unspecified atom stereocenters. The number of nitrogens with one attached hydrogen (secondary N) is 1. The molecule has 1 heterocycles. The molecule has 1 aliphatic rings. The van der Waals surface area contributed by atoms with Crippen molar-refractivity contribution < 1.29 is 4.74 Å². The van der Waals surface area contributed by atoms with Gasteiger partial charge in [-0.25, -0.2) is 0 Å². The van der Waals surface area contributed by atoms with E-state index in [0.29, 0.717) is 6.04 Å². The van der Waals surface area contributed by atoms with Gasteiger partial charge in [0, 0.05) is 45.9 Å². The number of benzene rings is 1. The third-order valence-corrected chi connectivity index (χ3v) is 3.26. The Morgan fingerprint density at radius 2 is 2.18 bits per heavy atom. The lowest BCUT2D eigenvalue weighted by atomic mass is 10.1. The van der Waals surface area contributed by atoms with Crippen LogP contribution in [-0.2, 0) is 11.3 Å². The Morgan fingerprint density at radius 1 is 1.35 bits per heavy atom. The first kappa shape index (κ1) is 12.6. The minimum absolute atomic E-state index is 0.576. The zero-order chi connectivity index (χ0) is 11.9. The Bertz CT molecular complexity index is 315.